The molecule has 1 aliphatic rings. The lowest BCUT2D eigenvalue weighted by atomic mass is 9.97. The lowest BCUT2D eigenvalue weighted by Crippen LogP contribution is -2.36. The average molecular weight is 363 g/mol. The lowest BCUT2D eigenvalue weighted by molar-refractivity contribution is 0.473. The van der Waals surface area contributed by atoms with Crippen LogP contribution in [0.5, 0.6) is 0 Å². The highest BCUT2D eigenvalue weighted by molar-refractivity contribution is 5.45. The zero-order valence-electron chi connectivity index (χ0n) is 15.9. The van der Waals surface area contributed by atoms with Crippen molar-refractivity contribution in [1.82, 2.24) is 24.5 Å². The number of aromatic nitrogens is 5. The summed E-state index contributed by atoms with van der Waals surface area (Å²) < 4.78 is 2.22. The molecule has 0 saturated carbocycles. The van der Waals surface area contributed by atoms with Gasteiger partial charge in [-0.2, -0.15) is 0 Å². The number of nitrogens with zero attached hydrogens (tertiary/aromatic N) is 7. The first-order valence-corrected chi connectivity index (χ1v) is 9.36. The van der Waals surface area contributed by atoms with Crippen LogP contribution in [0.25, 0.3) is 0 Å². The van der Waals surface area contributed by atoms with Gasteiger partial charge in [0.15, 0.2) is 0 Å². The third kappa shape index (κ3) is 3.92. The van der Waals surface area contributed by atoms with Crippen LogP contribution in [0.15, 0.2) is 49.2 Å². The number of hydrogen-bond acceptors (Lipinski definition) is 6. The Bertz CT molecular complexity index is 875. The first kappa shape index (κ1) is 17.5. The molecule has 3 aromatic heterocycles. The van der Waals surface area contributed by atoms with Gasteiger partial charge < -0.3 is 14.4 Å². The number of hydrogen-bond donors (Lipinski definition) is 0. The van der Waals surface area contributed by atoms with Crippen LogP contribution in [0.2, 0.25) is 0 Å². The van der Waals surface area contributed by atoms with Gasteiger partial charge >= 0.3 is 0 Å². The fourth-order valence-electron chi connectivity index (χ4n) is 3.59. The van der Waals surface area contributed by atoms with Crippen molar-refractivity contribution >= 4 is 11.6 Å². The minimum atomic E-state index is 0.377. The summed E-state index contributed by atoms with van der Waals surface area (Å²) >= 11 is 0. The summed E-state index contributed by atoms with van der Waals surface area (Å²) in [4.78, 5) is 22.6. The monoisotopic (exact) mass is 363 g/mol. The van der Waals surface area contributed by atoms with Crippen molar-refractivity contribution in [3.63, 3.8) is 0 Å². The summed E-state index contributed by atoms with van der Waals surface area (Å²) in [7, 11) is 3.97. The number of pyridine rings is 1. The molecular formula is C20H25N7. The summed E-state index contributed by atoms with van der Waals surface area (Å²) in [5.74, 6) is 3.32. The van der Waals surface area contributed by atoms with E-state index in [2.05, 4.69) is 36.7 Å². The van der Waals surface area contributed by atoms with Gasteiger partial charge in [-0.1, -0.05) is 6.07 Å². The van der Waals surface area contributed by atoms with Crippen molar-refractivity contribution in [3.8, 4) is 0 Å². The molecule has 7 heteroatoms. The van der Waals surface area contributed by atoms with E-state index in [4.69, 9.17) is 4.98 Å². The fourth-order valence-corrected chi connectivity index (χ4v) is 3.59. The second kappa shape index (κ2) is 7.73. The van der Waals surface area contributed by atoms with Crippen molar-refractivity contribution < 1.29 is 0 Å². The first-order valence-electron chi connectivity index (χ1n) is 9.36. The number of anilines is 2. The van der Waals surface area contributed by atoms with E-state index in [1.54, 1.807) is 6.20 Å². The van der Waals surface area contributed by atoms with Gasteiger partial charge in [0.1, 0.15) is 17.5 Å². The Balaban J connectivity index is 1.52. The van der Waals surface area contributed by atoms with Crippen molar-refractivity contribution in [1.29, 1.82) is 0 Å². The molecule has 4 heterocycles. The normalized spacial score (nSPS) is 17.1. The smallest absolute Gasteiger partial charge is 0.149 e. The van der Waals surface area contributed by atoms with Gasteiger partial charge in [0, 0.05) is 51.7 Å². The topological polar surface area (TPSA) is 63.0 Å². The number of imidazole rings is 1. The van der Waals surface area contributed by atoms with E-state index in [-0.39, 0.29) is 0 Å². The Morgan fingerprint density at radius 1 is 1.15 bits per heavy atom. The summed E-state index contributed by atoms with van der Waals surface area (Å²) in [6, 6.07) is 6.02. The largest absolute Gasteiger partial charge is 0.361 e. The number of rotatable bonds is 5. The van der Waals surface area contributed by atoms with Crippen molar-refractivity contribution in [2.24, 2.45) is 0 Å². The van der Waals surface area contributed by atoms with Gasteiger partial charge in [-0.25, -0.2) is 9.97 Å². The van der Waals surface area contributed by atoms with E-state index in [1.165, 1.54) is 0 Å². The maximum atomic E-state index is 4.75. The minimum Gasteiger partial charge on any atom is -0.361 e. The standard InChI is InChI=1S/C20H25N7/c1-25(2)18-12-21-13-19(24-18)26-10-5-6-16(14-26)20-23-9-11-27(20)15-17-7-3-4-8-22-17/h3-4,7-9,11-13,16H,5-6,10,14-15H2,1-2H3/t16-/m1/s1. The van der Waals surface area contributed by atoms with Crippen LogP contribution < -0.4 is 9.80 Å². The molecule has 0 radical (unpaired) electrons. The molecule has 140 valence electrons. The van der Waals surface area contributed by atoms with Crippen LogP contribution >= 0.6 is 0 Å². The van der Waals surface area contributed by atoms with Crippen LogP contribution in [0, 0.1) is 0 Å². The summed E-state index contributed by atoms with van der Waals surface area (Å²) in [5, 5.41) is 0. The maximum Gasteiger partial charge on any atom is 0.149 e. The molecule has 1 fully saturated rings. The first-order chi connectivity index (χ1) is 13.2. The van der Waals surface area contributed by atoms with Crippen LogP contribution in [0.4, 0.5) is 11.6 Å². The Labute approximate surface area is 159 Å². The molecule has 0 aliphatic carbocycles. The van der Waals surface area contributed by atoms with Crippen molar-refractivity contribution in [3.05, 3.63) is 60.7 Å². The van der Waals surface area contributed by atoms with Gasteiger partial charge in [0.2, 0.25) is 0 Å². The third-order valence-electron chi connectivity index (χ3n) is 4.98. The van der Waals surface area contributed by atoms with Crippen LogP contribution in [-0.2, 0) is 6.54 Å². The molecule has 7 nitrogen and oxygen atoms in total. The molecular weight excluding hydrogens is 338 g/mol. The van der Waals surface area contributed by atoms with E-state index in [1.807, 2.05) is 49.7 Å². The van der Waals surface area contributed by atoms with E-state index >= 15 is 0 Å². The molecule has 0 bridgehead atoms. The van der Waals surface area contributed by atoms with Gasteiger partial charge in [0.25, 0.3) is 0 Å². The SMILES string of the molecule is CN(C)c1cncc(N2CCC[C@@H](c3nccn3Cc3ccccn3)C2)n1. The zero-order chi connectivity index (χ0) is 18.6. The number of piperidine rings is 1. The van der Waals surface area contributed by atoms with Gasteiger partial charge in [-0.15, -0.1) is 0 Å². The highest BCUT2D eigenvalue weighted by Crippen LogP contribution is 2.29. The Morgan fingerprint density at radius 3 is 2.89 bits per heavy atom. The molecule has 3 aromatic rings. The van der Waals surface area contributed by atoms with Gasteiger partial charge in [-0.05, 0) is 25.0 Å². The van der Waals surface area contributed by atoms with Crippen LogP contribution in [-0.4, -0.2) is 51.7 Å². The van der Waals surface area contributed by atoms with E-state index in [9.17, 15) is 0 Å². The Hall–Kier alpha value is -2.96. The molecule has 4 rings (SSSR count). The molecule has 0 unspecified atom stereocenters. The van der Waals surface area contributed by atoms with Crippen molar-refractivity contribution in [2.45, 2.75) is 25.3 Å². The van der Waals surface area contributed by atoms with Crippen molar-refractivity contribution in [2.75, 3.05) is 37.0 Å². The second-order valence-corrected chi connectivity index (χ2v) is 7.15. The second-order valence-electron chi connectivity index (χ2n) is 7.15. The third-order valence-corrected chi connectivity index (χ3v) is 4.98. The minimum absolute atomic E-state index is 0.377. The zero-order valence-corrected chi connectivity index (χ0v) is 15.9. The molecule has 0 spiro atoms. The van der Waals surface area contributed by atoms with Crippen LogP contribution in [0.3, 0.4) is 0 Å². The summed E-state index contributed by atoms with van der Waals surface area (Å²) in [6.07, 6.45) is 11.7. The molecule has 1 atom stereocenters. The molecule has 27 heavy (non-hydrogen) atoms. The van der Waals surface area contributed by atoms with Gasteiger partial charge in [0.05, 0.1) is 24.6 Å². The maximum absolute atomic E-state index is 4.75. The van der Waals surface area contributed by atoms with E-state index in [0.717, 1.165) is 55.6 Å². The molecule has 0 N–H and O–H groups in total. The fraction of sp³-hybridized carbons (Fsp3) is 0.400. The molecule has 0 aromatic carbocycles. The molecule has 0 amide bonds. The predicted molar refractivity (Wildman–Crippen MR) is 106 cm³/mol. The lowest BCUT2D eigenvalue weighted by Gasteiger charge is -2.33. The summed E-state index contributed by atoms with van der Waals surface area (Å²) in [5.41, 5.74) is 1.05. The Morgan fingerprint density at radius 2 is 2.07 bits per heavy atom. The highest BCUT2D eigenvalue weighted by atomic mass is 15.2. The quantitative estimate of drug-likeness (QED) is 0.694. The van der Waals surface area contributed by atoms with E-state index in [0.29, 0.717) is 5.92 Å². The van der Waals surface area contributed by atoms with E-state index < -0.39 is 0 Å². The molecule has 1 saturated heterocycles. The Kier molecular flexibility index (Phi) is 5.00. The predicted octanol–water partition coefficient (Wildman–Crippen LogP) is 2.57. The summed E-state index contributed by atoms with van der Waals surface area (Å²) in [6.45, 7) is 2.66. The molecule has 1 aliphatic heterocycles. The van der Waals surface area contributed by atoms with Crippen LogP contribution in [0.1, 0.15) is 30.3 Å². The highest BCUT2D eigenvalue weighted by Gasteiger charge is 2.26. The average Bonchev–Trinajstić information content (AvgIpc) is 3.17. The van der Waals surface area contributed by atoms with Gasteiger partial charge in [-0.3, -0.25) is 9.97 Å².